The number of rotatable bonds is 2. The van der Waals surface area contributed by atoms with E-state index in [1.165, 1.54) is 6.07 Å². The molecule has 0 aliphatic rings. The molecule has 0 radical (unpaired) electrons. The van der Waals surface area contributed by atoms with Crippen molar-refractivity contribution in [1.29, 1.82) is 0 Å². The molecule has 0 spiro atoms. The minimum absolute atomic E-state index is 0.252. The molecule has 0 saturated heterocycles. The molecule has 1 N–H and O–H groups in total. The Bertz CT molecular complexity index is 600. The first-order valence-corrected chi connectivity index (χ1v) is 4.71. The fourth-order valence-electron chi connectivity index (χ4n) is 1.26. The van der Waals surface area contributed by atoms with Gasteiger partial charge >= 0.3 is 0 Å². The monoisotopic (exact) mass is 260 g/mol. The van der Waals surface area contributed by atoms with E-state index in [2.05, 4.69) is 4.98 Å². The van der Waals surface area contributed by atoms with E-state index in [1.807, 2.05) is 5.32 Å². The van der Waals surface area contributed by atoms with Crippen LogP contribution in [0.3, 0.4) is 0 Å². The highest BCUT2D eigenvalue weighted by molar-refractivity contribution is 5.57. The maximum absolute atomic E-state index is 13.2. The van der Waals surface area contributed by atoms with Crippen molar-refractivity contribution in [2.24, 2.45) is 0 Å². The maximum Gasteiger partial charge on any atom is 0.251 e. The lowest BCUT2D eigenvalue weighted by atomic mass is 10.3. The van der Waals surface area contributed by atoms with Crippen LogP contribution in [0.4, 0.5) is 33.5 Å². The third-order valence-corrected chi connectivity index (χ3v) is 2.09. The maximum atomic E-state index is 13.2. The van der Waals surface area contributed by atoms with E-state index >= 15 is 0 Å². The smallest absolute Gasteiger partial charge is 0.251 e. The molecule has 0 atom stereocenters. The zero-order valence-corrected chi connectivity index (χ0v) is 8.65. The molecule has 18 heavy (non-hydrogen) atoms. The molecule has 1 aromatic carbocycles. The fourth-order valence-corrected chi connectivity index (χ4v) is 1.26. The Kier molecular flexibility index (Phi) is 3.14. The van der Waals surface area contributed by atoms with Gasteiger partial charge in [-0.2, -0.15) is 9.37 Å². The van der Waals surface area contributed by atoms with Gasteiger partial charge in [0.2, 0.25) is 0 Å². The van der Waals surface area contributed by atoms with Crippen molar-refractivity contribution in [3.63, 3.8) is 0 Å². The fraction of sp³-hybridized carbons (Fsp3) is 0. The summed E-state index contributed by atoms with van der Waals surface area (Å²) in [7, 11) is 0. The number of aromatic nitrogens is 1. The molecule has 2 nitrogen and oxygen atoms in total. The number of anilines is 2. The summed E-state index contributed by atoms with van der Waals surface area (Å²) in [6.07, 6.45) is 0. The minimum atomic E-state index is -1.55. The van der Waals surface area contributed by atoms with E-state index in [9.17, 15) is 22.0 Å². The second-order valence-corrected chi connectivity index (χ2v) is 3.32. The minimum Gasteiger partial charge on any atom is -0.335 e. The number of nitrogens with one attached hydrogen (secondary N) is 1. The van der Waals surface area contributed by atoms with Gasteiger partial charge in [-0.15, -0.1) is 0 Å². The first-order valence-electron chi connectivity index (χ1n) is 4.71. The molecule has 0 fully saturated rings. The number of nitrogens with zero attached hydrogens (tertiary/aromatic N) is 1. The Morgan fingerprint density at radius 3 is 2.33 bits per heavy atom. The van der Waals surface area contributed by atoms with Gasteiger partial charge in [-0.05, 0) is 12.1 Å². The van der Waals surface area contributed by atoms with E-state index in [-0.39, 0.29) is 6.07 Å². The zero-order chi connectivity index (χ0) is 13.3. The molecule has 7 heteroatoms. The Balaban J connectivity index is 2.40. The van der Waals surface area contributed by atoms with Gasteiger partial charge in [0.25, 0.3) is 5.95 Å². The number of benzene rings is 1. The quantitative estimate of drug-likeness (QED) is 0.660. The molecule has 0 amide bonds. The van der Waals surface area contributed by atoms with Crippen LogP contribution in [-0.2, 0) is 0 Å². The lowest BCUT2D eigenvalue weighted by Gasteiger charge is -2.08. The van der Waals surface area contributed by atoms with E-state index in [1.54, 1.807) is 0 Å². The van der Waals surface area contributed by atoms with Crippen LogP contribution in [-0.4, -0.2) is 4.98 Å². The molecular formula is C11H5F5N2. The molecule has 0 aliphatic carbocycles. The van der Waals surface area contributed by atoms with Crippen molar-refractivity contribution >= 4 is 11.5 Å². The second-order valence-electron chi connectivity index (χ2n) is 3.32. The summed E-state index contributed by atoms with van der Waals surface area (Å²) < 4.78 is 64.7. The first kappa shape index (κ1) is 12.3. The third-order valence-electron chi connectivity index (χ3n) is 2.09. The van der Waals surface area contributed by atoms with Gasteiger partial charge in [0.1, 0.15) is 0 Å². The van der Waals surface area contributed by atoms with Gasteiger partial charge in [-0.3, -0.25) is 0 Å². The predicted octanol–water partition coefficient (Wildman–Crippen LogP) is 3.52. The van der Waals surface area contributed by atoms with Crippen molar-refractivity contribution < 1.29 is 22.0 Å². The van der Waals surface area contributed by atoms with Crippen molar-refractivity contribution in [3.05, 3.63) is 53.5 Å². The summed E-state index contributed by atoms with van der Waals surface area (Å²) in [5, 5.41) is 2.04. The average Bonchev–Trinajstić information content (AvgIpc) is 2.32. The molecular weight excluding hydrogens is 255 g/mol. The molecule has 1 heterocycles. The normalized spacial score (nSPS) is 10.5. The van der Waals surface area contributed by atoms with Crippen LogP contribution in [0.15, 0.2) is 24.3 Å². The third kappa shape index (κ3) is 2.24. The van der Waals surface area contributed by atoms with Crippen LogP contribution in [0, 0.1) is 29.2 Å². The van der Waals surface area contributed by atoms with E-state index in [0.717, 1.165) is 12.1 Å². The molecule has 2 aromatic rings. The van der Waals surface area contributed by atoms with Crippen molar-refractivity contribution in [3.8, 4) is 0 Å². The highest BCUT2D eigenvalue weighted by Gasteiger charge is 2.14. The molecule has 0 aliphatic heterocycles. The highest BCUT2D eigenvalue weighted by atomic mass is 19.2. The first-order chi connectivity index (χ1) is 8.49. The zero-order valence-electron chi connectivity index (χ0n) is 8.65. The molecule has 1 aromatic heterocycles. The molecule has 0 saturated carbocycles. The van der Waals surface area contributed by atoms with Gasteiger partial charge in [-0.25, -0.2) is 17.6 Å². The summed E-state index contributed by atoms with van der Waals surface area (Å²) >= 11 is 0. The van der Waals surface area contributed by atoms with Gasteiger partial charge in [0.15, 0.2) is 29.1 Å². The Morgan fingerprint density at radius 2 is 1.61 bits per heavy atom. The lowest BCUT2D eigenvalue weighted by molar-refractivity contribution is 0.466. The van der Waals surface area contributed by atoms with Crippen LogP contribution >= 0.6 is 0 Å². The summed E-state index contributed by atoms with van der Waals surface area (Å²) in [5.74, 6) is -7.42. The van der Waals surface area contributed by atoms with Gasteiger partial charge in [0.05, 0.1) is 5.69 Å². The number of hydrogen-bond donors (Lipinski definition) is 1. The standard InChI is InChI=1S/C11H5F5N2/c12-5-2-1-3-8(9(5)15)17-11-7(14)4-6(13)10(16)18-11/h1-4H,(H,17,18). The Morgan fingerprint density at radius 1 is 0.889 bits per heavy atom. The van der Waals surface area contributed by atoms with Gasteiger partial charge in [-0.1, -0.05) is 6.07 Å². The number of halogens is 5. The summed E-state index contributed by atoms with van der Waals surface area (Å²) in [5.41, 5.74) is -0.438. The largest absolute Gasteiger partial charge is 0.335 e. The second kappa shape index (κ2) is 4.59. The topological polar surface area (TPSA) is 24.9 Å². The number of hydrogen-bond acceptors (Lipinski definition) is 2. The van der Waals surface area contributed by atoms with Gasteiger partial charge < -0.3 is 5.32 Å². The van der Waals surface area contributed by atoms with Crippen molar-refractivity contribution in [2.75, 3.05) is 5.32 Å². The van der Waals surface area contributed by atoms with Crippen molar-refractivity contribution in [1.82, 2.24) is 4.98 Å². The SMILES string of the molecule is Fc1cc(F)c(Nc2cccc(F)c2F)nc1F. The van der Waals surface area contributed by atoms with Crippen LogP contribution in [0.2, 0.25) is 0 Å². The average molecular weight is 260 g/mol. The highest BCUT2D eigenvalue weighted by Crippen LogP contribution is 2.23. The van der Waals surface area contributed by atoms with Crippen molar-refractivity contribution in [2.45, 2.75) is 0 Å². The van der Waals surface area contributed by atoms with Gasteiger partial charge in [0, 0.05) is 6.07 Å². The molecule has 94 valence electrons. The van der Waals surface area contributed by atoms with E-state index < -0.39 is 40.7 Å². The molecule has 0 unspecified atom stereocenters. The molecule has 2 rings (SSSR count). The van der Waals surface area contributed by atoms with Crippen LogP contribution in [0.25, 0.3) is 0 Å². The van der Waals surface area contributed by atoms with Crippen LogP contribution < -0.4 is 5.32 Å². The molecule has 0 bridgehead atoms. The van der Waals surface area contributed by atoms with E-state index in [4.69, 9.17) is 0 Å². The Labute approximate surface area is 98.1 Å². The van der Waals surface area contributed by atoms with Crippen LogP contribution in [0.5, 0.6) is 0 Å². The van der Waals surface area contributed by atoms with E-state index in [0.29, 0.717) is 0 Å². The Hall–Kier alpha value is -2.18. The summed E-state index contributed by atoms with van der Waals surface area (Å²) in [6, 6.07) is 3.37. The van der Waals surface area contributed by atoms with Crippen LogP contribution in [0.1, 0.15) is 0 Å². The predicted molar refractivity (Wildman–Crippen MR) is 53.8 cm³/mol. The summed E-state index contributed by atoms with van der Waals surface area (Å²) in [4.78, 5) is 2.92. The lowest BCUT2D eigenvalue weighted by Crippen LogP contribution is -2.03. The summed E-state index contributed by atoms with van der Waals surface area (Å²) in [6.45, 7) is 0. The number of pyridine rings is 1.